The molecule has 0 saturated carbocycles. The molecule has 144 valence electrons. The van der Waals surface area contributed by atoms with Gasteiger partial charge in [-0.15, -0.1) is 11.3 Å². The van der Waals surface area contributed by atoms with E-state index in [1.165, 1.54) is 24.2 Å². The fourth-order valence-electron chi connectivity index (χ4n) is 3.14. The second kappa shape index (κ2) is 8.16. The highest BCUT2D eigenvalue weighted by molar-refractivity contribution is 7.18. The van der Waals surface area contributed by atoms with Crippen molar-refractivity contribution in [2.75, 3.05) is 28.6 Å². The van der Waals surface area contributed by atoms with Gasteiger partial charge in [-0.05, 0) is 56.2 Å². The Morgan fingerprint density at radius 2 is 1.79 bits per heavy atom. The maximum Gasteiger partial charge on any atom is 0.265 e. The Balaban J connectivity index is 1.43. The summed E-state index contributed by atoms with van der Waals surface area (Å²) in [5.74, 6) is 2.30. The van der Waals surface area contributed by atoms with E-state index in [2.05, 4.69) is 25.5 Å². The average Bonchev–Trinajstić information content (AvgIpc) is 3.35. The molecule has 0 atom stereocenters. The van der Waals surface area contributed by atoms with Crippen molar-refractivity contribution in [2.45, 2.75) is 19.8 Å². The number of carbonyl (C=O) groups excluding carboxylic acids is 1. The van der Waals surface area contributed by atoms with E-state index in [0.29, 0.717) is 9.21 Å². The molecule has 4 rings (SSSR count). The summed E-state index contributed by atoms with van der Waals surface area (Å²) in [7, 11) is 0. The fraction of sp³-hybridized carbons (Fsp3) is 0.250. The largest absolute Gasteiger partial charge is 0.356 e. The SMILES string of the molecule is Cc1nc(Nc2ccc(NC(=O)c3ccc(Cl)s3)cc2)cc(N2CCCC2)n1. The third kappa shape index (κ3) is 4.43. The van der Waals surface area contributed by atoms with E-state index in [1.807, 2.05) is 37.3 Å². The molecule has 8 heteroatoms. The van der Waals surface area contributed by atoms with E-state index in [9.17, 15) is 4.79 Å². The van der Waals surface area contributed by atoms with Crippen molar-refractivity contribution < 1.29 is 4.79 Å². The topological polar surface area (TPSA) is 70.2 Å². The van der Waals surface area contributed by atoms with Crippen LogP contribution in [0.25, 0.3) is 0 Å². The molecule has 1 aliphatic rings. The molecule has 2 aromatic heterocycles. The Bertz CT molecular complexity index is 983. The molecule has 1 aliphatic heterocycles. The smallest absolute Gasteiger partial charge is 0.265 e. The summed E-state index contributed by atoms with van der Waals surface area (Å²) in [4.78, 5) is 24.1. The van der Waals surface area contributed by atoms with Crippen LogP contribution in [0.15, 0.2) is 42.5 Å². The third-order valence-electron chi connectivity index (χ3n) is 4.47. The van der Waals surface area contributed by atoms with E-state index in [0.717, 1.165) is 41.9 Å². The highest BCUT2D eigenvalue weighted by Gasteiger charge is 2.15. The maximum atomic E-state index is 12.2. The van der Waals surface area contributed by atoms with E-state index in [-0.39, 0.29) is 5.91 Å². The molecule has 0 spiro atoms. The Morgan fingerprint density at radius 3 is 2.46 bits per heavy atom. The summed E-state index contributed by atoms with van der Waals surface area (Å²) >= 11 is 7.14. The van der Waals surface area contributed by atoms with Gasteiger partial charge in [-0.2, -0.15) is 0 Å². The standard InChI is InChI=1S/C20H20ClN5OS/c1-13-22-18(12-19(23-13)26-10-2-3-11-26)24-14-4-6-15(7-5-14)25-20(27)16-8-9-17(21)28-16/h4-9,12H,2-3,10-11H2,1H3,(H,25,27)(H,22,23,24). The molecule has 1 amide bonds. The highest BCUT2D eigenvalue weighted by Crippen LogP contribution is 2.25. The monoisotopic (exact) mass is 413 g/mol. The molecular formula is C20H20ClN5OS. The number of carbonyl (C=O) groups is 1. The first-order chi connectivity index (χ1) is 13.6. The third-order valence-corrected chi connectivity index (χ3v) is 5.70. The lowest BCUT2D eigenvalue weighted by Gasteiger charge is -2.18. The quantitative estimate of drug-likeness (QED) is 0.609. The second-order valence-electron chi connectivity index (χ2n) is 6.61. The van der Waals surface area contributed by atoms with Gasteiger partial charge in [0.25, 0.3) is 5.91 Å². The zero-order valence-corrected chi connectivity index (χ0v) is 17.0. The number of halogens is 1. The van der Waals surface area contributed by atoms with Gasteiger partial charge in [-0.1, -0.05) is 11.6 Å². The van der Waals surface area contributed by atoms with Crippen molar-refractivity contribution >= 4 is 51.9 Å². The van der Waals surface area contributed by atoms with Crippen LogP contribution in [0, 0.1) is 6.92 Å². The molecule has 28 heavy (non-hydrogen) atoms. The zero-order valence-electron chi connectivity index (χ0n) is 15.4. The number of amides is 1. The van der Waals surface area contributed by atoms with Gasteiger partial charge in [0.1, 0.15) is 17.5 Å². The number of benzene rings is 1. The molecule has 0 aliphatic carbocycles. The van der Waals surface area contributed by atoms with Gasteiger partial charge >= 0.3 is 0 Å². The van der Waals surface area contributed by atoms with Gasteiger partial charge in [-0.3, -0.25) is 4.79 Å². The van der Waals surface area contributed by atoms with Crippen LogP contribution in [0.5, 0.6) is 0 Å². The molecule has 0 bridgehead atoms. The molecule has 3 heterocycles. The Kier molecular flexibility index (Phi) is 5.45. The summed E-state index contributed by atoms with van der Waals surface area (Å²) in [6, 6.07) is 12.9. The molecule has 1 fully saturated rings. The van der Waals surface area contributed by atoms with Gasteiger partial charge in [0.15, 0.2) is 0 Å². The molecule has 0 radical (unpaired) electrons. The normalized spacial score (nSPS) is 13.6. The minimum Gasteiger partial charge on any atom is -0.356 e. The van der Waals surface area contributed by atoms with Gasteiger partial charge in [0, 0.05) is 30.5 Å². The second-order valence-corrected chi connectivity index (χ2v) is 8.33. The Labute approximate surface area is 172 Å². The molecule has 0 unspecified atom stereocenters. The zero-order chi connectivity index (χ0) is 19.5. The fourth-order valence-corrected chi connectivity index (χ4v) is 4.08. The van der Waals surface area contributed by atoms with Gasteiger partial charge in [0.2, 0.25) is 0 Å². The van der Waals surface area contributed by atoms with Gasteiger partial charge in [-0.25, -0.2) is 9.97 Å². The lowest BCUT2D eigenvalue weighted by molar-refractivity contribution is 0.103. The number of aryl methyl sites for hydroxylation is 1. The molecule has 3 aromatic rings. The first-order valence-electron chi connectivity index (χ1n) is 9.11. The van der Waals surface area contributed by atoms with Crippen LogP contribution in [0.3, 0.4) is 0 Å². The lowest BCUT2D eigenvalue weighted by Crippen LogP contribution is -2.19. The predicted octanol–water partition coefficient (Wildman–Crippen LogP) is 5.10. The molecular weight excluding hydrogens is 394 g/mol. The van der Waals surface area contributed by atoms with Crippen LogP contribution >= 0.6 is 22.9 Å². The number of hydrogen-bond acceptors (Lipinski definition) is 6. The van der Waals surface area contributed by atoms with Gasteiger partial charge < -0.3 is 15.5 Å². The van der Waals surface area contributed by atoms with Crippen LogP contribution in [-0.4, -0.2) is 29.0 Å². The van der Waals surface area contributed by atoms with Crippen molar-refractivity contribution in [3.8, 4) is 0 Å². The van der Waals surface area contributed by atoms with Crippen molar-refractivity contribution in [3.63, 3.8) is 0 Å². The van der Waals surface area contributed by atoms with Crippen molar-refractivity contribution in [3.05, 3.63) is 57.5 Å². The minimum atomic E-state index is -0.167. The van der Waals surface area contributed by atoms with E-state index < -0.39 is 0 Å². The van der Waals surface area contributed by atoms with Crippen LogP contribution in [0.4, 0.5) is 23.0 Å². The number of nitrogens with zero attached hydrogens (tertiary/aromatic N) is 3. The van der Waals surface area contributed by atoms with Crippen LogP contribution in [-0.2, 0) is 0 Å². The molecule has 1 saturated heterocycles. The van der Waals surface area contributed by atoms with Crippen molar-refractivity contribution in [2.24, 2.45) is 0 Å². The van der Waals surface area contributed by atoms with E-state index in [4.69, 9.17) is 11.6 Å². The number of aromatic nitrogens is 2. The summed E-state index contributed by atoms with van der Waals surface area (Å²) in [6.45, 7) is 3.99. The number of anilines is 4. The summed E-state index contributed by atoms with van der Waals surface area (Å²) in [5.41, 5.74) is 1.61. The van der Waals surface area contributed by atoms with E-state index >= 15 is 0 Å². The van der Waals surface area contributed by atoms with Gasteiger partial charge in [0.05, 0.1) is 9.21 Å². The Morgan fingerprint density at radius 1 is 1.07 bits per heavy atom. The molecule has 6 nitrogen and oxygen atoms in total. The maximum absolute atomic E-state index is 12.2. The average molecular weight is 414 g/mol. The first-order valence-corrected chi connectivity index (χ1v) is 10.3. The lowest BCUT2D eigenvalue weighted by atomic mass is 10.2. The van der Waals surface area contributed by atoms with Crippen LogP contribution in [0.1, 0.15) is 28.3 Å². The van der Waals surface area contributed by atoms with Crippen LogP contribution < -0.4 is 15.5 Å². The number of hydrogen-bond donors (Lipinski definition) is 2. The Hall–Kier alpha value is -2.64. The summed E-state index contributed by atoms with van der Waals surface area (Å²) < 4.78 is 0.596. The summed E-state index contributed by atoms with van der Waals surface area (Å²) in [5, 5.41) is 6.19. The van der Waals surface area contributed by atoms with Crippen molar-refractivity contribution in [1.82, 2.24) is 9.97 Å². The molecule has 1 aromatic carbocycles. The molecule has 2 N–H and O–H groups in total. The first kappa shape index (κ1) is 18.7. The predicted molar refractivity (Wildman–Crippen MR) is 115 cm³/mol. The summed E-state index contributed by atoms with van der Waals surface area (Å²) in [6.07, 6.45) is 2.41. The number of nitrogens with one attached hydrogen (secondary N) is 2. The minimum absolute atomic E-state index is 0.167. The highest BCUT2D eigenvalue weighted by atomic mass is 35.5. The van der Waals surface area contributed by atoms with Crippen LogP contribution in [0.2, 0.25) is 4.34 Å². The van der Waals surface area contributed by atoms with E-state index in [1.54, 1.807) is 12.1 Å². The number of rotatable bonds is 5. The number of thiophene rings is 1. The van der Waals surface area contributed by atoms with Crippen molar-refractivity contribution in [1.29, 1.82) is 0 Å².